The van der Waals surface area contributed by atoms with E-state index in [1.165, 1.54) is 0 Å². The minimum Gasteiger partial charge on any atom is -0.481 e. The number of carboxylic acids is 1. The van der Waals surface area contributed by atoms with Crippen LogP contribution in [0.5, 0.6) is 0 Å². The quantitative estimate of drug-likeness (QED) is 0.565. The van der Waals surface area contributed by atoms with Gasteiger partial charge in [-0.2, -0.15) is 0 Å². The molecule has 2 aromatic carbocycles. The number of aliphatic carboxylic acids is 1. The average Bonchev–Trinajstić information content (AvgIpc) is 3.07. The largest absolute Gasteiger partial charge is 0.481 e. The molecule has 2 amide bonds. The van der Waals surface area contributed by atoms with Crippen LogP contribution in [0.1, 0.15) is 50.2 Å². The normalized spacial score (nSPS) is 19.7. The number of benzene rings is 2. The Morgan fingerprint density at radius 2 is 1.58 bits per heavy atom. The van der Waals surface area contributed by atoms with Crippen molar-refractivity contribution in [1.29, 1.82) is 0 Å². The van der Waals surface area contributed by atoms with Crippen molar-refractivity contribution in [2.45, 2.75) is 51.1 Å². The molecule has 1 unspecified atom stereocenters. The maximum absolute atomic E-state index is 12.7. The first kappa shape index (κ1) is 22.8. The third-order valence-corrected chi connectivity index (χ3v) is 6.61. The lowest BCUT2D eigenvalue weighted by atomic mass is 9.78. The zero-order valence-corrected chi connectivity index (χ0v) is 18.9. The molecule has 2 aliphatic carbocycles. The van der Waals surface area contributed by atoms with Gasteiger partial charge in [-0.1, -0.05) is 62.4 Å². The average molecular weight is 451 g/mol. The highest BCUT2D eigenvalue weighted by atomic mass is 16.5. The van der Waals surface area contributed by atoms with Crippen LogP contribution in [0.3, 0.4) is 0 Å². The Balaban J connectivity index is 1.33. The number of carboxylic acid groups (broad SMARTS) is 1. The van der Waals surface area contributed by atoms with Crippen LogP contribution in [-0.2, 0) is 14.3 Å². The summed E-state index contributed by atoms with van der Waals surface area (Å²) in [4.78, 5) is 36.1. The van der Waals surface area contributed by atoms with Gasteiger partial charge in [0, 0.05) is 18.4 Å². The van der Waals surface area contributed by atoms with Gasteiger partial charge < -0.3 is 20.5 Å². The van der Waals surface area contributed by atoms with E-state index in [1.807, 2.05) is 38.1 Å². The van der Waals surface area contributed by atoms with E-state index in [1.54, 1.807) is 0 Å². The highest BCUT2D eigenvalue weighted by Gasteiger charge is 2.35. The molecule has 0 radical (unpaired) electrons. The third-order valence-electron chi connectivity index (χ3n) is 6.61. The molecule has 1 fully saturated rings. The van der Waals surface area contributed by atoms with Gasteiger partial charge in [-0.25, -0.2) is 4.79 Å². The molecule has 33 heavy (non-hydrogen) atoms. The molecular weight excluding hydrogens is 420 g/mol. The molecule has 174 valence electrons. The molecule has 0 spiro atoms. The monoisotopic (exact) mass is 450 g/mol. The smallest absolute Gasteiger partial charge is 0.407 e. The van der Waals surface area contributed by atoms with Gasteiger partial charge in [-0.3, -0.25) is 9.59 Å². The van der Waals surface area contributed by atoms with E-state index in [9.17, 15) is 14.4 Å². The Bertz CT molecular complexity index is 999. The standard InChI is InChI=1S/C26H30N2O5/c1-15(2)24(25(31)27-17-11-16(12-17)13-23(29)30)28-26(32)33-14-22-20-9-5-3-7-18(20)19-8-4-6-10-21(19)22/h3-10,15-17,22,24H,11-14H2,1-2H3,(H,27,31)(H,28,32)(H,29,30). The van der Waals surface area contributed by atoms with Gasteiger partial charge in [0.05, 0.1) is 0 Å². The zero-order chi connectivity index (χ0) is 23.5. The van der Waals surface area contributed by atoms with Crippen molar-refractivity contribution in [3.05, 3.63) is 59.7 Å². The second-order valence-corrected chi connectivity index (χ2v) is 9.33. The van der Waals surface area contributed by atoms with E-state index >= 15 is 0 Å². The highest BCUT2D eigenvalue weighted by molar-refractivity contribution is 5.86. The number of alkyl carbamates (subject to hydrolysis) is 1. The summed E-state index contributed by atoms with van der Waals surface area (Å²) in [6.45, 7) is 3.91. The number of fused-ring (bicyclic) bond motifs is 3. The van der Waals surface area contributed by atoms with Crippen molar-refractivity contribution < 1.29 is 24.2 Å². The molecule has 2 aliphatic rings. The molecule has 1 atom stereocenters. The number of ether oxygens (including phenoxy) is 1. The summed E-state index contributed by atoms with van der Waals surface area (Å²) in [6, 6.07) is 15.5. The molecule has 4 rings (SSSR count). The Morgan fingerprint density at radius 1 is 1.00 bits per heavy atom. The van der Waals surface area contributed by atoms with Crippen molar-refractivity contribution in [3.63, 3.8) is 0 Å². The van der Waals surface area contributed by atoms with Crippen LogP contribution in [0.25, 0.3) is 11.1 Å². The van der Waals surface area contributed by atoms with E-state index in [0.29, 0.717) is 12.8 Å². The number of amides is 2. The van der Waals surface area contributed by atoms with Gasteiger partial charge in [-0.15, -0.1) is 0 Å². The molecule has 7 nitrogen and oxygen atoms in total. The second-order valence-electron chi connectivity index (χ2n) is 9.33. The minimum absolute atomic E-state index is 0.0457. The Hall–Kier alpha value is -3.35. The van der Waals surface area contributed by atoms with Crippen molar-refractivity contribution >= 4 is 18.0 Å². The Morgan fingerprint density at radius 3 is 2.12 bits per heavy atom. The van der Waals surface area contributed by atoms with Gasteiger partial charge >= 0.3 is 12.1 Å². The molecule has 1 saturated carbocycles. The summed E-state index contributed by atoms with van der Waals surface area (Å²) in [5.41, 5.74) is 4.57. The van der Waals surface area contributed by atoms with E-state index in [0.717, 1.165) is 22.3 Å². The van der Waals surface area contributed by atoms with Gasteiger partial charge in [0.2, 0.25) is 5.91 Å². The zero-order valence-electron chi connectivity index (χ0n) is 18.9. The second kappa shape index (κ2) is 9.65. The van der Waals surface area contributed by atoms with Gasteiger partial charge in [0.15, 0.2) is 0 Å². The maximum atomic E-state index is 12.7. The van der Waals surface area contributed by atoms with E-state index in [4.69, 9.17) is 9.84 Å². The summed E-state index contributed by atoms with van der Waals surface area (Å²) in [5.74, 6) is -1.16. The summed E-state index contributed by atoms with van der Waals surface area (Å²) in [6.07, 6.45) is 0.794. The number of hydrogen-bond donors (Lipinski definition) is 3. The molecule has 0 aliphatic heterocycles. The van der Waals surface area contributed by atoms with Crippen LogP contribution in [0.15, 0.2) is 48.5 Å². The van der Waals surface area contributed by atoms with E-state index in [-0.39, 0.29) is 42.7 Å². The molecule has 7 heteroatoms. The molecule has 2 aromatic rings. The van der Waals surface area contributed by atoms with Crippen LogP contribution < -0.4 is 10.6 Å². The lowest BCUT2D eigenvalue weighted by Gasteiger charge is -2.36. The summed E-state index contributed by atoms with van der Waals surface area (Å²) < 4.78 is 5.58. The third kappa shape index (κ3) is 5.02. The SMILES string of the molecule is CC(C)C(NC(=O)OCC1c2ccccc2-c2ccccc21)C(=O)NC1CC(CC(=O)O)C1. The molecule has 0 heterocycles. The topological polar surface area (TPSA) is 105 Å². The fraction of sp³-hybridized carbons (Fsp3) is 0.423. The molecule has 0 bridgehead atoms. The van der Waals surface area contributed by atoms with Crippen molar-refractivity contribution in [1.82, 2.24) is 10.6 Å². The first-order valence-corrected chi connectivity index (χ1v) is 11.5. The number of carbonyl (C=O) groups excluding carboxylic acids is 2. The Kier molecular flexibility index (Phi) is 6.67. The van der Waals surface area contributed by atoms with Crippen LogP contribution in [0.4, 0.5) is 4.79 Å². The van der Waals surface area contributed by atoms with Gasteiger partial charge in [0.1, 0.15) is 12.6 Å². The van der Waals surface area contributed by atoms with Crippen LogP contribution in [0.2, 0.25) is 0 Å². The minimum atomic E-state index is -0.818. The Labute approximate surface area is 193 Å². The number of hydrogen-bond acceptors (Lipinski definition) is 4. The predicted octanol–water partition coefficient (Wildman–Crippen LogP) is 3.92. The summed E-state index contributed by atoms with van der Waals surface area (Å²) in [7, 11) is 0. The molecular formula is C26H30N2O5. The summed E-state index contributed by atoms with van der Waals surface area (Å²) in [5, 5.41) is 14.5. The highest BCUT2D eigenvalue weighted by Crippen LogP contribution is 2.44. The first-order chi connectivity index (χ1) is 15.8. The fourth-order valence-corrected chi connectivity index (χ4v) is 4.86. The molecule has 0 saturated heterocycles. The summed E-state index contributed by atoms with van der Waals surface area (Å²) >= 11 is 0. The van der Waals surface area contributed by atoms with Crippen LogP contribution in [-0.4, -0.2) is 41.8 Å². The molecule has 0 aromatic heterocycles. The number of nitrogens with one attached hydrogen (secondary N) is 2. The lowest BCUT2D eigenvalue weighted by molar-refractivity contribution is -0.139. The van der Waals surface area contributed by atoms with E-state index in [2.05, 4.69) is 34.9 Å². The number of carbonyl (C=O) groups is 3. The van der Waals surface area contributed by atoms with Crippen molar-refractivity contribution in [2.75, 3.05) is 6.61 Å². The first-order valence-electron chi connectivity index (χ1n) is 11.5. The van der Waals surface area contributed by atoms with Crippen molar-refractivity contribution in [3.8, 4) is 11.1 Å². The lowest BCUT2D eigenvalue weighted by Crippen LogP contribution is -2.54. The number of rotatable bonds is 8. The maximum Gasteiger partial charge on any atom is 0.407 e. The van der Waals surface area contributed by atoms with Crippen LogP contribution >= 0.6 is 0 Å². The molecule has 3 N–H and O–H groups in total. The van der Waals surface area contributed by atoms with E-state index < -0.39 is 18.1 Å². The van der Waals surface area contributed by atoms with Crippen molar-refractivity contribution in [2.24, 2.45) is 11.8 Å². The fourth-order valence-electron chi connectivity index (χ4n) is 4.86. The van der Waals surface area contributed by atoms with Crippen LogP contribution in [0, 0.1) is 11.8 Å². The van der Waals surface area contributed by atoms with Gasteiger partial charge in [0.25, 0.3) is 0 Å². The predicted molar refractivity (Wildman–Crippen MR) is 124 cm³/mol. The van der Waals surface area contributed by atoms with Gasteiger partial charge in [-0.05, 0) is 46.9 Å².